The van der Waals surface area contributed by atoms with E-state index in [2.05, 4.69) is 17.3 Å². The molecule has 0 aliphatic carbocycles. The number of aromatic nitrogens is 1. The molecule has 5 nitrogen and oxygen atoms in total. The molecule has 5 rings (SSSR count). The molecule has 0 N–H and O–H groups in total. The molecular weight excluding hydrogens is 340 g/mol. The maximum Gasteiger partial charge on any atom is 0.229 e. The number of carbonyl (C=O) groups excluding carboxylic acids is 1. The average molecular weight is 358 g/mol. The molecule has 0 spiro atoms. The highest BCUT2D eigenvalue weighted by atomic mass is 16.5. The summed E-state index contributed by atoms with van der Waals surface area (Å²) in [5.41, 5.74) is 3.97. The smallest absolute Gasteiger partial charge is 0.229 e. The zero-order chi connectivity index (χ0) is 18.2. The molecule has 3 heterocycles. The minimum atomic E-state index is 0.0639. The molecule has 0 unspecified atom stereocenters. The van der Waals surface area contributed by atoms with Gasteiger partial charge in [0.2, 0.25) is 11.7 Å². The number of para-hydroxylation sites is 1. The Bertz CT molecular complexity index is 1090. The summed E-state index contributed by atoms with van der Waals surface area (Å²) in [6, 6.07) is 19.8. The molecule has 0 atom stereocenters. The van der Waals surface area contributed by atoms with Crippen LogP contribution in [0.2, 0.25) is 0 Å². The highest BCUT2D eigenvalue weighted by Crippen LogP contribution is 2.28. The second-order valence-electron chi connectivity index (χ2n) is 6.84. The molecule has 1 amide bonds. The minimum Gasteiger partial charge on any atom is -0.453 e. The maximum absolute atomic E-state index is 12.7. The third-order valence-electron chi connectivity index (χ3n) is 5.04. The van der Waals surface area contributed by atoms with Crippen LogP contribution in [-0.2, 0) is 24.2 Å². The third kappa shape index (κ3) is 3.01. The molecule has 2 aromatic heterocycles. The standard InChI is InChI=1S/C22H18N2O3/c25-22(24-10-9-15-5-1-2-7-17(15)14-24)13-18-12-21(27-23-18)20-11-16-6-3-4-8-19(16)26-20/h1-8,11-12H,9-10,13-14H2. The van der Waals surface area contributed by atoms with Crippen molar-refractivity contribution in [1.29, 1.82) is 0 Å². The third-order valence-corrected chi connectivity index (χ3v) is 5.04. The van der Waals surface area contributed by atoms with Crippen molar-refractivity contribution in [3.8, 4) is 11.5 Å². The lowest BCUT2D eigenvalue weighted by Gasteiger charge is -2.28. The summed E-state index contributed by atoms with van der Waals surface area (Å²) in [5.74, 6) is 1.22. The lowest BCUT2D eigenvalue weighted by Crippen LogP contribution is -2.36. The van der Waals surface area contributed by atoms with Crippen LogP contribution in [0.25, 0.3) is 22.5 Å². The number of rotatable bonds is 3. The topological polar surface area (TPSA) is 59.5 Å². The fraction of sp³-hybridized carbons (Fsp3) is 0.182. The molecule has 0 bridgehead atoms. The van der Waals surface area contributed by atoms with Crippen LogP contribution in [0.3, 0.4) is 0 Å². The van der Waals surface area contributed by atoms with Crippen molar-refractivity contribution in [1.82, 2.24) is 10.1 Å². The molecular formula is C22H18N2O3. The molecule has 0 saturated heterocycles. The van der Waals surface area contributed by atoms with Crippen molar-refractivity contribution >= 4 is 16.9 Å². The first kappa shape index (κ1) is 15.9. The Morgan fingerprint density at radius 3 is 2.70 bits per heavy atom. The van der Waals surface area contributed by atoms with E-state index in [1.165, 1.54) is 11.1 Å². The van der Waals surface area contributed by atoms with Crippen molar-refractivity contribution in [2.45, 2.75) is 19.4 Å². The van der Waals surface area contributed by atoms with Gasteiger partial charge in [-0.05, 0) is 29.7 Å². The number of nitrogens with zero attached hydrogens (tertiary/aromatic N) is 2. The normalized spacial score (nSPS) is 13.7. The predicted molar refractivity (Wildman–Crippen MR) is 101 cm³/mol. The Balaban J connectivity index is 1.31. The average Bonchev–Trinajstić information content (AvgIpc) is 3.34. The molecule has 0 fully saturated rings. The molecule has 1 aliphatic rings. The van der Waals surface area contributed by atoms with E-state index in [1.54, 1.807) is 6.07 Å². The molecule has 1 aliphatic heterocycles. The van der Waals surface area contributed by atoms with Crippen LogP contribution in [0.15, 0.2) is 69.6 Å². The minimum absolute atomic E-state index is 0.0639. The molecule has 0 saturated carbocycles. The van der Waals surface area contributed by atoms with Crippen LogP contribution in [-0.4, -0.2) is 22.5 Å². The summed E-state index contributed by atoms with van der Waals surface area (Å²) < 4.78 is 11.2. The second kappa shape index (κ2) is 6.43. The van der Waals surface area contributed by atoms with Gasteiger partial charge in [0, 0.05) is 24.5 Å². The monoisotopic (exact) mass is 358 g/mol. The zero-order valence-electron chi connectivity index (χ0n) is 14.7. The van der Waals surface area contributed by atoms with E-state index in [4.69, 9.17) is 8.94 Å². The van der Waals surface area contributed by atoms with E-state index in [0.29, 0.717) is 23.8 Å². The van der Waals surface area contributed by atoms with Crippen molar-refractivity contribution in [2.75, 3.05) is 6.54 Å². The number of fused-ring (bicyclic) bond motifs is 2. The number of benzene rings is 2. The molecule has 27 heavy (non-hydrogen) atoms. The molecule has 5 heteroatoms. The summed E-state index contributed by atoms with van der Waals surface area (Å²) >= 11 is 0. The largest absolute Gasteiger partial charge is 0.453 e. The van der Waals surface area contributed by atoms with Crippen molar-refractivity contribution < 1.29 is 13.7 Å². The summed E-state index contributed by atoms with van der Waals surface area (Å²) in [4.78, 5) is 14.6. The molecule has 4 aromatic rings. The Labute approximate surface area is 156 Å². The SMILES string of the molecule is O=C(Cc1cc(-c2cc3ccccc3o2)on1)N1CCc2ccccc2C1. The highest BCUT2D eigenvalue weighted by Gasteiger charge is 2.22. The van der Waals surface area contributed by atoms with Gasteiger partial charge in [-0.15, -0.1) is 0 Å². The highest BCUT2D eigenvalue weighted by molar-refractivity contribution is 5.82. The maximum atomic E-state index is 12.7. The first-order valence-electron chi connectivity index (χ1n) is 9.05. The van der Waals surface area contributed by atoms with Gasteiger partial charge < -0.3 is 13.8 Å². The van der Waals surface area contributed by atoms with E-state index >= 15 is 0 Å². The second-order valence-corrected chi connectivity index (χ2v) is 6.84. The lowest BCUT2D eigenvalue weighted by atomic mass is 9.99. The summed E-state index contributed by atoms with van der Waals surface area (Å²) in [6.07, 6.45) is 1.12. The molecule has 134 valence electrons. The first-order valence-corrected chi connectivity index (χ1v) is 9.05. The van der Waals surface area contributed by atoms with Gasteiger partial charge in [-0.25, -0.2) is 0 Å². The van der Waals surface area contributed by atoms with E-state index in [0.717, 1.165) is 23.9 Å². The number of hydrogen-bond acceptors (Lipinski definition) is 4. The predicted octanol–water partition coefficient (Wildman–Crippen LogP) is 4.22. The number of amides is 1. The molecule has 0 radical (unpaired) electrons. The Kier molecular flexibility index (Phi) is 3.78. The van der Waals surface area contributed by atoms with Gasteiger partial charge in [0.25, 0.3) is 0 Å². The number of carbonyl (C=O) groups is 1. The van der Waals surface area contributed by atoms with Crippen LogP contribution >= 0.6 is 0 Å². The van der Waals surface area contributed by atoms with Crippen molar-refractivity contribution in [3.05, 3.63) is 77.5 Å². The van der Waals surface area contributed by atoms with Gasteiger partial charge in [-0.2, -0.15) is 0 Å². The number of hydrogen-bond donors (Lipinski definition) is 0. The van der Waals surface area contributed by atoms with Crippen LogP contribution in [0, 0.1) is 0 Å². The van der Waals surface area contributed by atoms with Gasteiger partial charge in [-0.1, -0.05) is 47.6 Å². The van der Waals surface area contributed by atoms with E-state index < -0.39 is 0 Å². The van der Waals surface area contributed by atoms with Gasteiger partial charge in [0.05, 0.1) is 12.1 Å². The quantitative estimate of drug-likeness (QED) is 0.550. The van der Waals surface area contributed by atoms with Crippen LogP contribution in [0.5, 0.6) is 0 Å². The summed E-state index contributed by atoms with van der Waals surface area (Å²) in [5, 5.41) is 5.07. The first-order chi connectivity index (χ1) is 13.3. The van der Waals surface area contributed by atoms with Crippen LogP contribution < -0.4 is 0 Å². The van der Waals surface area contributed by atoms with Gasteiger partial charge in [0.1, 0.15) is 5.58 Å². The Morgan fingerprint density at radius 2 is 1.81 bits per heavy atom. The fourth-order valence-electron chi connectivity index (χ4n) is 3.59. The zero-order valence-corrected chi connectivity index (χ0v) is 14.7. The van der Waals surface area contributed by atoms with Crippen molar-refractivity contribution in [3.63, 3.8) is 0 Å². The number of furan rings is 1. The van der Waals surface area contributed by atoms with Crippen molar-refractivity contribution in [2.24, 2.45) is 0 Å². The van der Waals surface area contributed by atoms with Gasteiger partial charge in [-0.3, -0.25) is 4.79 Å². The fourth-order valence-corrected chi connectivity index (χ4v) is 3.59. The summed E-state index contributed by atoms with van der Waals surface area (Å²) in [7, 11) is 0. The van der Waals surface area contributed by atoms with Gasteiger partial charge >= 0.3 is 0 Å². The van der Waals surface area contributed by atoms with Crippen LogP contribution in [0.1, 0.15) is 16.8 Å². The Hall–Kier alpha value is -3.34. The summed E-state index contributed by atoms with van der Waals surface area (Å²) in [6.45, 7) is 1.40. The van der Waals surface area contributed by atoms with E-state index in [-0.39, 0.29) is 12.3 Å². The van der Waals surface area contributed by atoms with E-state index in [1.807, 2.05) is 47.4 Å². The van der Waals surface area contributed by atoms with Crippen LogP contribution in [0.4, 0.5) is 0 Å². The molecule has 2 aromatic carbocycles. The van der Waals surface area contributed by atoms with E-state index in [9.17, 15) is 4.79 Å². The Morgan fingerprint density at radius 1 is 1.00 bits per heavy atom. The van der Waals surface area contributed by atoms with Gasteiger partial charge in [0.15, 0.2) is 5.76 Å². The lowest BCUT2D eigenvalue weighted by molar-refractivity contribution is -0.131.